The standard InChI is InChI=1S/C37H38N2O6/c1-39-15-13-25-20-34(42-4)36(43-5)37-35(25)29(39)17-22-6-9-26(10-7-22)44-32-18-23(8-11-30(32)40-2)16-28-27-21-33(45-37)31(41-3)19-24(27)12-14-38-28/h6-11,18-21,29H,12-17H2,1-5H3/t29-/m1/s1. The van der Waals surface area contributed by atoms with E-state index in [-0.39, 0.29) is 6.04 Å². The van der Waals surface area contributed by atoms with E-state index >= 15 is 0 Å². The van der Waals surface area contributed by atoms with Gasteiger partial charge in [0.15, 0.2) is 34.5 Å². The number of likely N-dealkylation sites (N-methyl/N-ethyl adjacent to an activating group) is 1. The van der Waals surface area contributed by atoms with Crippen molar-refractivity contribution in [2.24, 2.45) is 4.99 Å². The highest BCUT2D eigenvalue weighted by atomic mass is 16.5. The molecule has 0 aliphatic carbocycles. The summed E-state index contributed by atoms with van der Waals surface area (Å²) in [5, 5.41) is 0. The first-order chi connectivity index (χ1) is 22.0. The third-order valence-corrected chi connectivity index (χ3v) is 9.13. The first-order valence-corrected chi connectivity index (χ1v) is 15.3. The van der Waals surface area contributed by atoms with E-state index in [9.17, 15) is 0 Å². The van der Waals surface area contributed by atoms with Gasteiger partial charge in [-0.15, -0.1) is 0 Å². The SMILES string of the molecule is COc1ccc2cc1Oc1ccc(cc1)C[C@@H]1c3c(cc(OC)c(OC)c3Oc3cc4c(cc3OC)CCN=C4C2)CCN1C. The molecule has 0 saturated carbocycles. The Bertz CT molecular complexity index is 1780. The van der Waals surface area contributed by atoms with E-state index in [2.05, 4.69) is 48.3 Å². The van der Waals surface area contributed by atoms with E-state index in [1.807, 2.05) is 24.3 Å². The van der Waals surface area contributed by atoms with E-state index < -0.39 is 0 Å². The van der Waals surface area contributed by atoms with Crippen LogP contribution in [0.25, 0.3) is 0 Å². The van der Waals surface area contributed by atoms with Crippen LogP contribution in [-0.4, -0.2) is 59.2 Å². The fourth-order valence-corrected chi connectivity index (χ4v) is 6.75. The predicted octanol–water partition coefficient (Wildman–Crippen LogP) is 6.98. The Kier molecular flexibility index (Phi) is 7.75. The van der Waals surface area contributed by atoms with Crippen LogP contribution in [0, 0.1) is 0 Å². The number of hydrogen-bond donors (Lipinski definition) is 0. The normalized spacial score (nSPS) is 17.1. The van der Waals surface area contributed by atoms with Crippen LogP contribution in [0.15, 0.2) is 65.7 Å². The van der Waals surface area contributed by atoms with Crippen LogP contribution in [0.1, 0.15) is 39.4 Å². The number of benzene rings is 4. The van der Waals surface area contributed by atoms with Crippen LogP contribution in [0.3, 0.4) is 0 Å². The molecule has 0 N–H and O–H groups in total. The Balaban J connectivity index is 1.45. The zero-order chi connectivity index (χ0) is 31.1. The smallest absolute Gasteiger partial charge is 0.204 e. The monoisotopic (exact) mass is 606 g/mol. The molecule has 6 bridgehead atoms. The molecule has 0 aromatic heterocycles. The Morgan fingerprint density at radius 2 is 1.47 bits per heavy atom. The minimum atomic E-state index is 0.0340. The Morgan fingerprint density at radius 1 is 0.733 bits per heavy atom. The average Bonchev–Trinajstić information content (AvgIpc) is 3.06. The summed E-state index contributed by atoms with van der Waals surface area (Å²) in [6, 6.07) is 20.6. The molecule has 4 aliphatic heterocycles. The second-order valence-electron chi connectivity index (χ2n) is 11.7. The molecule has 0 spiro atoms. The van der Waals surface area contributed by atoms with Crippen molar-refractivity contribution in [3.8, 4) is 46.0 Å². The molecule has 232 valence electrons. The van der Waals surface area contributed by atoms with Crippen molar-refractivity contribution in [3.63, 3.8) is 0 Å². The number of fused-ring (bicyclic) bond motifs is 2. The Hall–Kier alpha value is -4.69. The first-order valence-electron chi connectivity index (χ1n) is 15.3. The maximum Gasteiger partial charge on any atom is 0.204 e. The molecule has 0 amide bonds. The molecule has 8 nitrogen and oxygen atoms in total. The predicted molar refractivity (Wildman–Crippen MR) is 174 cm³/mol. The molecule has 4 aliphatic rings. The van der Waals surface area contributed by atoms with Gasteiger partial charge in [-0.05, 0) is 91.0 Å². The van der Waals surface area contributed by atoms with E-state index in [4.69, 9.17) is 33.4 Å². The summed E-state index contributed by atoms with van der Waals surface area (Å²) in [5.41, 5.74) is 7.75. The maximum atomic E-state index is 6.95. The lowest BCUT2D eigenvalue weighted by molar-refractivity contribution is 0.221. The van der Waals surface area contributed by atoms with Gasteiger partial charge in [-0.3, -0.25) is 9.89 Å². The number of ether oxygens (including phenoxy) is 6. The molecule has 0 radical (unpaired) electrons. The molecule has 0 fully saturated rings. The van der Waals surface area contributed by atoms with Gasteiger partial charge in [0, 0.05) is 42.4 Å². The summed E-state index contributed by atoms with van der Waals surface area (Å²) < 4.78 is 36.8. The van der Waals surface area contributed by atoms with Crippen LogP contribution in [-0.2, 0) is 25.7 Å². The Labute approximate surface area is 264 Å². The highest BCUT2D eigenvalue weighted by Gasteiger charge is 2.34. The largest absolute Gasteiger partial charge is 0.493 e. The van der Waals surface area contributed by atoms with Gasteiger partial charge in [0.2, 0.25) is 5.75 Å². The van der Waals surface area contributed by atoms with Crippen LogP contribution in [0.4, 0.5) is 0 Å². The van der Waals surface area contributed by atoms with E-state index in [0.29, 0.717) is 53.2 Å². The summed E-state index contributed by atoms with van der Waals surface area (Å²) in [6.45, 7) is 1.62. The average molecular weight is 607 g/mol. The minimum absolute atomic E-state index is 0.0340. The molecule has 4 heterocycles. The number of aliphatic imine (C=N–C) groups is 1. The number of methoxy groups -OCH3 is 4. The van der Waals surface area contributed by atoms with Crippen molar-refractivity contribution in [1.82, 2.24) is 4.90 Å². The highest BCUT2D eigenvalue weighted by molar-refractivity contribution is 6.04. The lowest BCUT2D eigenvalue weighted by Crippen LogP contribution is -2.34. The van der Waals surface area contributed by atoms with Crippen LogP contribution in [0.2, 0.25) is 0 Å². The van der Waals surface area contributed by atoms with E-state index in [0.717, 1.165) is 54.0 Å². The van der Waals surface area contributed by atoms with E-state index in [1.54, 1.807) is 28.4 Å². The number of nitrogens with zero attached hydrogens (tertiary/aromatic N) is 2. The molecule has 4 aromatic carbocycles. The molecule has 0 unspecified atom stereocenters. The van der Waals surface area contributed by atoms with Gasteiger partial charge >= 0.3 is 0 Å². The van der Waals surface area contributed by atoms with Crippen molar-refractivity contribution in [3.05, 3.63) is 94.0 Å². The molecule has 1 atom stereocenters. The fourth-order valence-electron chi connectivity index (χ4n) is 6.75. The van der Waals surface area contributed by atoms with Crippen LogP contribution in [0.5, 0.6) is 46.0 Å². The molecular formula is C37H38N2O6. The van der Waals surface area contributed by atoms with Gasteiger partial charge < -0.3 is 28.4 Å². The minimum Gasteiger partial charge on any atom is -0.493 e. The topological polar surface area (TPSA) is 71.0 Å². The molecule has 8 heteroatoms. The molecular weight excluding hydrogens is 568 g/mol. The third kappa shape index (κ3) is 5.33. The molecule has 45 heavy (non-hydrogen) atoms. The number of rotatable bonds is 4. The lowest BCUT2D eigenvalue weighted by atomic mass is 9.87. The van der Waals surface area contributed by atoms with Crippen molar-refractivity contribution < 1.29 is 28.4 Å². The van der Waals surface area contributed by atoms with Gasteiger partial charge in [0.05, 0.1) is 28.4 Å². The molecule has 8 rings (SSSR count). The highest BCUT2D eigenvalue weighted by Crippen LogP contribution is 2.51. The zero-order valence-corrected chi connectivity index (χ0v) is 26.4. The zero-order valence-electron chi connectivity index (χ0n) is 26.4. The van der Waals surface area contributed by atoms with E-state index in [1.165, 1.54) is 16.7 Å². The van der Waals surface area contributed by atoms with Crippen molar-refractivity contribution in [1.29, 1.82) is 0 Å². The quantitative estimate of drug-likeness (QED) is 0.248. The van der Waals surface area contributed by atoms with Gasteiger partial charge in [0.1, 0.15) is 5.75 Å². The van der Waals surface area contributed by atoms with Gasteiger partial charge in [-0.25, -0.2) is 0 Å². The van der Waals surface area contributed by atoms with Crippen LogP contribution >= 0.6 is 0 Å². The van der Waals surface area contributed by atoms with Crippen molar-refractivity contribution >= 4 is 5.71 Å². The van der Waals surface area contributed by atoms with Gasteiger partial charge in [-0.1, -0.05) is 18.2 Å². The van der Waals surface area contributed by atoms with Crippen molar-refractivity contribution in [2.75, 3.05) is 48.6 Å². The maximum absolute atomic E-state index is 6.95. The summed E-state index contributed by atoms with van der Waals surface area (Å²) in [6.07, 6.45) is 3.09. The molecule has 4 aromatic rings. The fraction of sp³-hybridized carbons (Fsp3) is 0.324. The summed E-state index contributed by atoms with van der Waals surface area (Å²) >= 11 is 0. The number of hydrogen-bond acceptors (Lipinski definition) is 8. The molecule has 0 saturated heterocycles. The van der Waals surface area contributed by atoms with Gasteiger partial charge in [0.25, 0.3) is 0 Å². The summed E-state index contributed by atoms with van der Waals surface area (Å²) in [7, 11) is 8.84. The summed E-state index contributed by atoms with van der Waals surface area (Å²) in [5.74, 6) is 5.24. The van der Waals surface area contributed by atoms with Crippen LogP contribution < -0.4 is 28.4 Å². The van der Waals surface area contributed by atoms with Gasteiger partial charge in [-0.2, -0.15) is 0 Å². The second-order valence-corrected chi connectivity index (χ2v) is 11.7. The lowest BCUT2D eigenvalue weighted by Gasteiger charge is -2.37. The Morgan fingerprint density at radius 3 is 2.22 bits per heavy atom. The third-order valence-electron chi connectivity index (χ3n) is 9.13. The second kappa shape index (κ2) is 12.0. The van der Waals surface area contributed by atoms with Crippen molar-refractivity contribution in [2.45, 2.75) is 31.7 Å². The summed E-state index contributed by atoms with van der Waals surface area (Å²) in [4.78, 5) is 7.37. The first kappa shape index (κ1) is 29.0.